The predicted molar refractivity (Wildman–Crippen MR) is 50.5 cm³/mol. The summed E-state index contributed by atoms with van der Waals surface area (Å²) in [6, 6.07) is 0. The molecule has 0 unspecified atom stereocenters. The van der Waals surface area contributed by atoms with Gasteiger partial charge in [0.2, 0.25) is 0 Å². The summed E-state index contributed by atoms with van der Waals surface area (Å²) < 4.78 is 5.40. The Hall–Kier alpha value is -0.610. The summed E-state index contributed by atoms with van der Waals surface area (Å²) in [5.74, 6) is 0.0677. The molecule has 0 aromatic carbocycles. The molecule has 1 rings (SSSR count). The second-order valence-electron chi connectivity index (χ2n) is 3.49. The summed E-state index contributed by atoms with van der Waals surface area (Å²) in [6.45, 7) is 5.42. The lowest BCUT2D eigenvalue weighted by Gasteiger charge is -2.32. The number of carbonyl (C=O) groups excluding carboxylic acids is 1. The van der Waals surface area contributed by atoms with Crippen molar-refractivity contribution in [3.63, 3.8) is 0 Å². The monoisotopic (exact) mass is 186 g/mol. The Balaban J connectivity index is 2.46. The summed E-state index contributed by atoms with van der Waals surface area (Å²) in [4.78, 5) is 15.4. The first-order chi connectivity index (χ1) is 6.15. The molecule has 1 fully saturated rings. The summed E-state index contributed by atoms with van der Waals surface area (Å²) in [5, 5.41) is 0. The van der Waals surface area contributed by atoms with Gasteiger partial charge in [-0.15, -0.1) is 0 Å². The minimum atomic E-state index is -0.260. The van der Waals surface area contributed by atoms with Crippen molar-refractivity contribution in [2.75, 3.05) is 40.3 Å². The zero-order valence-electron chi connectivity index (χ0n) is 8.62. The Bertz CT molecular complexity index is 182. The molecule has 4 heteroatoms. The van der Waals surface area contributed by atoms with Crippen LogP contribution in [0.5, 0.6) is 0 Å². The maximum Gasteiger partial charge on any atom is 0.252 e. The molecule has 0 radical (unpaired) electrons. The molecule has 76 valence electrons. The minimum absolute atomic E-state index is 0.0677. The van der Waals surface area contributed by atoms with Crippen LogP contribution in [0.4, 0.5) is 0 Å². The number of ether oxygens (including phenoxy) is 1. The number of likely N-dealkylation sites (N-methyl/N-ethyl adjacent to an activating group) is 2. The first-order valence-electron chi connectivity index (χ1n) is 4.70. The van der Waals surface area contributed by atoms with Crippen molar-refractivity contribution >= 4 is 5.91 Å². The van der Waals surface area contributed by atoms with Crippen LogP contribution in [0, 0.1) is 0 Å². The van der Waals surface area contributed by atoms with E-state index in [0.29, 0.717) is 6.61 Å². The molecule has 1 saturated heterocycles. The van der Waals surface area contributed by atoms with Gasteiger partial charge in [0.1, 0.15) is 6.10 Å². The van der Waals surface area contributed by atoms with Gasteiger partial charge < -0.3 is 9.64 Å². The third-order valence-electron chi connectivity index (χ3n) is 2.31. The van der Waals surface area contributed by atoms with Crippen molar-refractivity contribution in [3.05, 3.63) is 0 Å². The standard InChI is InChI=1S/C9H18N2O2/c1-4-11-5-6-13-8(7-11)9(12)10(2)3/h8H,4-7H2,1-3H3/t8-/m1/s1. The van der Waals surface area contributed by atoms with E-state index in [2.05, 4.69) is 11.8 Å². The summed E-state index contributed by atoms with van der Waals surface area (Å²) in [5.41, 5.74) is 0. The molecule has 13 heavy (non-hydrogen) atoms. The lowest BCUT2D eigenvalue weighted by Crippen LogP contribution is -2.49. The van der Waals surface area contributed by atoms with Gasteiger partial charge in [-0.05, 0) is 6.54 Å². The Morgan fingerprint density at radius 3 is 2.85 bits per heavy atom. The number of morpholine rings is 1. The fraction of sp³-hybridized carbons (Fsp3) is 0.889. The molecule has 1 heterocycles. The third kappa shape index (κ3) is 2.67. The van der Waals surface area contributed by atoms with E-state index in [4.69, 9.17) is 4.74 Å². The van der Waals surface area contributed by atoms with Crippen LogP contribution in [-0.4, -0.2) is 62.1 Å². The van der Waals surface area contributed by atoms with Gasteiger partial charge in [-0.2, -0.15) is 0 Å². The van der Waals surface area contributed by atoms with Crippen molar-refractivity contribution < 1.29 is 9.53 Å². The van der Waals surface area contributed by atoms with E-state index in [1.54, 1.807) is 19.0 Å². The summed E-state index contributed by atoms with van der Waals surface area (Å²) >= 11 is 0. The van der Waals surface area contributed by atoms with Crippen LogP contribution in [-0.2, 0) is 9.53 Å². The normalized spacial score (nSPS) is 24.4. The topological polar surface area (TPSA) is 32.8 Å². The van der Waals surface area contributed by atoms with Crippen molar-refractivity contribution in [1.29, 1.82) is 0 Å². The van der Waals surface area contributed by atoms with Crippen LogP contribution in [0.1, 0.15) is 6.92 Å². The first kappa shape index (κ1) is 10.5. The summed E-state index contributed by atoms with van der Waals surface area (Å²) in [6.07, 6.45) is -0.260. The highest BCUT2D eigenvalue weighted by molar-refractivity contribution is 5.80. The van der Waals surface area contributed by atoms with E-state index < -0.39 is 0 Å². The molecule has 0 aromatic heterocycles. The zero-order valence-corrected chi connectivity index (χ0v) is 8.62. The average molecular weight is 186 g/mol. The predicted octanol–water partition coefficient (Wildman–Crippen LogP) is -0.205. The maximum absolute atomic E-state index is 11.5. The Labute approximate surface area is 79.4 Å². The van der Waals surface area contributed by atoms with E-state index >= 15 is 0 Å². The Kier molecular flexibility index (Phi) is 3.69. The van der Waals surface area contributed by atoms with Gasteiger partial charge in [0.05, 0.1) is 6.61 Å². The van der Waals surface area contributed by atoms with Crippen LogP contribution in [0.15, 0.2) is 0 Å². The lowest BCUT2D eigenvalue weighted by molar-refractivity contribution is -0.146. The van der Waals surface area contributed by atoms with Crippen molar-refractivity contribution in [1.82, 2.24) is 9.80 Å². The molecule has 0 N–H and O–H groups in total. The Morgan fingerprint density at radius 2 is 2.31 bits per heavy atom. The molecule has 0 spiro atoms. The molecular weight excluding hydrogens is 168 g/mol. The molecule has 4 nitrogen and oxygen atoms in total. The fourth-order valence-corrected chi connectivity index (χ4v) is 1.43. The number of nitrogens with zero attached hydrogens (tertiary/aromatic N) is 2. The molecule has 1 aliphatic rings. The maximum atomic E-state index is 11.5. The highest BCUT2D eigenvalue weighted by atomic mass is 16.5. The van der Waals surface area contributed by atoms with Crippen LogP contribution in [0.2, 0.25) is 0 Å². The fourth-order valence-electron chi connectivity index (χ4n) is 1.43. The average Bonchev–Trinajstić information content (AvgIpc) is 2.16. The molecule has 0 bridgehead atoms. The first-order valence-corrected chi connectivity index (χ1v) is 4.70. The molecule has 1 atom stereocenters. The molecule has 1 amide bonds. The quantitative estimate of drug-likeness (QED) is 0.598. The van der Waals surface area contributed by atoms with Gasteiger partial charge in [0.15, 0.2) is 0 Å². The minimum Gasteiger partial charge on any atom is -0.366 e. The van der Waals surface area contributed by atoms with Crippen LogP contribution in [0.3, 0.4) is 0 Å². The molecule has 1 aliphatic heterocycles. The SMILES string of the molecule is CCN1CCO[C@@H](C(=O)N(C)C)C1. The van der Waals surface area contributed by atoms with Crippen molar-refractivity contribution in [2.24, 2.45) is 0 Å². The van der Waals surface area contributed by atoms with Crippen LogP contribution in [0.25, 0.3) is 0 Å². The molecule has 0 aromatic rings. The van der Waals surface area contributed by atoms with Gasteiger partial charge in [0.25, 0.3) is 5.91 Å². The Morgan fingerprint density at radius 1 is 1.62 bits per heavy atom. The van der Waals surface area contributed by atoms with E-state index in [9.17, 15) is 4.79 Å². The highest BCUT2D eigenvalue weighted by Crippen LogP contribution is 2.06. The number of carbonyl (C=O) groups is 1. The highest BCUT2D eigenvalue weighted by Gasteiger charge is 2.26. The van der Waals surface area contributed by atoms with E-state index in [-0.39, 0.29) is 12.0 Å². The van der Waals surface area contributed by atoms with Gasteiger partial charge in [-0.25, -0.2) is 0 Å². The van der Waals surface area contributed by atoms with Gasteiger partial charge >= 0.3 is 0 Å². The second kappa shape index (κ2) is 4.58. The summed E-state index contributed by atoms with van der Waals surface area (Å²) in [7, 11) is 3.52. The third-order valence-corrected chi connectivity index (χ3v) is 2.31. The molecule has 0 saturated carbocycles. The van der Waals surface area contributed by atoms with Crippen LogP contribution >= 0.6 is 0 Å². The lowest BCUT2D eigenvalue weighted by atomic mass is 10.2. The molecular formula is C9H18N2O2. The van der Waals surface area contributed by atoms with Crippen LogP contribution < -0.4 is 0 Å². The largest absolute Gasteiger partial charge is 0.366 e. The molecule has 0 aliphatic carbocycles. The number of amides is 1. The van der Waals surface area contributed by atoms with E-state index in [1.807, 2.05) is 0 Å². The van der Waals surface area contributed by atoms with E-state index in [0.717, 1.165) is 19.6 Å². The number of rotatable bonds is 2. The zero-order chi connectivity index (χ0) is 9.84. The van der Waals surface area contributed by atoms with Gasteiger partial charge in [-0.1, -0.05) is 6.92 Å². The van der Waals surface area contributed by atoms with Crippen molar-refractivity contribution in [3.8, 4) is 0 Å². The second-order valence-corrected chi connectivity index (χ2v) is 3.49. The van der Waals surface area contributed by atoms with E-state index in [1.165, 1.54) is 0 Å². The number of hydrogen-bond donors (Lipinski definition) is 0. The van der Waals surface area contributed by atoms with Crippen molar-refractivity contribution in [2.45, 2.75) is 13.0 Å². The smallest absolute Gasteiger partial charge is 0.252 e. The number of hydrogen-bond acceptors (Lipinski definition) is 3. The van der Waals surface area contributed by atoms with Gasteiger partial charge in [-0.3, -0.25) is 9.69 Å². The van der Waals surface area contributed by atoms with Gasteiger partial charge in [0, 0.05) is 27.2 Å².